The van der Waals surface area contributed by atoms with Crippen molar-refractivity contribution < 1.29 is 36.9 Å². The maximum atomic E-state index is 12.7. The second-order valence-corrected chi connectivity index (χ2v) is 8.38. The zero-order chi connectivity index (χ0) is 22.7. The van der Waals surface area contributed by atoms with E-state index in [4.69, 9.17) is 13.9 Å². The third-order valence-electron chi connectivity index (χ3n) is 4.34. The van der Waals surface area contributed by atoms with E-state index in [0.717, 1.165) is 0 Å². The van der Waals surface area contributed by atoms with Gasteiger partial charge in [-0.25, -0.2) is 13.2 Å². The van der Waals surface area contributed by atoms with Crippen LogP contribution >= 0.6 is 0 Å². The lowest BCUT2D eigenvalue weighted by Crippen LogP contribution is -2.31. The van der Waals surface area contributed by atoms with Crippen molar-refractivity contribution in [1.82, 2.24) is 5.16 Å². The molecule has 0 fully saturated rings. The smallest absolute Gasteiger partial charge is 0.414 e. The van der Waals surface area contributed by atoms with Gasteiger partial charge in [0.1, 0.15) is 5.58 Å². The molecule has 2 heterocycles. The lowest BCUT2D eigenvalue weighted by Gasteiger charge is -2.09. The molecule has 0 saturated heterocycles. The van der Waals surface area contributed by atoms with Crippen molar-refractivity contribution >= 4 is 20.8 Å². The molecule has 12 heteroatoms. The summed E-state index contributed by atoms with van der Waals surface area (Å²) in [6.45, 7) is -0.000598. The number of fused-ring (bicyclic) bond motifs is 1. The average Bonchev–Trinajstić information content (AvgIpc) is 3.15. The highest BCUT2D eigenvalue weighted by molar-refractivity contribution is 7.91. The minimum Gasteiger partial charge on any atom is -0.504 e. The standard InChI is InChI=1S/C20H16N2O9S/c23-15-11-13-7-8-18(24)30-16(13)12-17(15)28-9-4-10-29-19-20(22(25)31-21-19)32(26,27)14-5-2-1-3-6-14/h1-3,5-8,11-12,23H,4,9-10H2. The molecule has 0 atom stereocenters. The van der Waals surface area contributed by atoms with Gasteiger partial charge < -0.3 is 24.2 Å². The summed E-state index contributed by atoms with van der Waals surface area (Å²) in [6.07, 6.45) is 0.243. The molecule has 0 unspecified atom stereocenters. The van der Waals surface area contributed by atoms with Gasteiger partial charge in [-0.3, -0.25) is 4.63 Å². The number of aromatic hydroxyl groups is 1. The van der Waals surface area contributed by atoms with E-state index < -0.39 is 26.4 Å². The van der Waals surface area contributed by atoms with Gasteiger partial charge in [0.2, 0.25) is 0 Å². The van der Waals surface area contributed by atoms with E-state index in [1.807, 2.05) is 0 Å². The van der Waals surface area contributed by atoms with Crippen molar-refractivity contribution in [3.05, 3.63) is 70.2 Å². The van der Waals surface area contributed by atoms with Crippen molar-refractivity contribution in [1.29, 1.82) is 0 Å². The van der Waals surface area contributed by atoms with E-state index in [9.17, 15) is 23.5 Å². The van der Waals surface area contributed by atoms with E-state index in [1.165, 1.54) is 48.5 Å². The molecule has 166 valence electrons. The molecule has 0 aliphatic heterocycles. The van der Waals surface area contributed by atoms with Crippen LogP contribution in [0.5, 0.6) is 17.4 Å². The Kier molecular flexibility index (Phi) is 5.69. The minimum atomic E-state index is -4.20. The third-order valence-corrected chi connectivity index (χ3v) is 6.07. The fraction of sp³-hybridized carbons (Fsp3) is 0.150. The molecule has 0 saturated carbocycles. The van der Waals surface area contributed by atoms with Gasteiger partial charge in [-0.2, -0.15) is 0 Å². The zero-order valence-electron chi connectivity index (χ0n) is 16.3. The first kappa shape index (κ1) is 21.2. The molecule has 0 bridgehead atoms. The summed E-state index contributed by atoms with van der Waals surface area (Å²) in [5.74, 6) is -0.524. The Balaban J connectivity index is 1.40. The first-order chi connectivity index (χ1) is 15.4. The second-order valence-electron chi connectivity index (χ2n) is 6.52. The maximum absolute atomic E-state index is 12.7. The van der Waals surface area contributed by atoms with Crippen LogP contribution in [0, 0.1) is 5.21 Å². The highest BCUT2D eigenvalue weighted by atomic mass is 32.2. The number of rotatable bonds is 8. The van der Waals surface area contributed by atoms with Gasteiger partial charge in [0.15, 0.2) is 11.5 Å². The summed E-state index contributed by atoms with van der Waals surface area (Å²) in [6, 6.07) is 12.9. The summed E-state index contributed by atoms with van der Waals surface area (Å²) in [4.78, 5) is 11.0. The molecule has 0 spiro atoms. The molecular formula is C20H16N2O9S. The Labute approximate surface area is 180 Å². The van der Waals surface area contributed by atoms with Crippen LogP contribution in [0.1, 0.15) is 6.42 Å². The van der Waals surface area contributed by atoms with Crippen molar-refractivity contribution in [3.8, 4) is 17.4 Å². The number of nitrogens with zero attached hydrogens (tertiary/aromatic N) is 2. The number of hydrogen-bond donors (Lipinski definition) is 1. The Bertz CT molecular complexity index is 1410. The first-order valence-corrected chi connectivity index (χ1v) is 10.8. The quantitative estimate of drug-likeness (QED) is 0.234. The average molecular weight is 460 g/mol. The molecular weight excluding hydrogens is 444 g/mol. The monoisotopic (exact) mass is 460 g/mol. The molecule has 0 amide bonds. The van der Waals surface area contributed by atoms with Gasteiger partial charge in [0, 0.05) is 23.9 Å². The maximum Gasteiger partial charge on any atom is 0.414 e. The van der Waals surface area contributed by atoms with E-state index in [2.05, 4.69) is 9.79 Å². The van der Waals surface area contributed by atoms with Crippen LogP contribution in [0.15, 0.2) is 78.4 Å². The highest BCUT2D eigenvalue weighted by Crippen LogP contribution is 2.31. The van der Waals surface area contributed by atoms with Crippen LogP contribution in [-0.2, 0) is 9.84 Å². The lowest BCUT2D eigenvalue weighted by atomic mass is 10.2. The molecule has 2 aromatic carbocycles. The summed E-state index contributed by atoms with van der Waals surface area (Å²) >= 11 is 0. The highest BCUT2D eigenvalue weighted by Gasteiger charge is 2.35. The normalized spacial score (nSPS) is 11.5. The van der Waals surface area contributed by atoms with Crippen molar-refractivity contribution in [2.75, 3.05) is 13.2 Å². The number of phenolic OH excluding ortho intramolecular Hbond substituents is 1. The number of benzene rings is 2. The predicted molar refractivity (Wildman–Crippen MR) is 107 cm³/mol. The molecule has 2 aromatic heterocycles. The van der Waals surface area contributed by atoms with Gasteiger partial charge >= 0.3 is 16.5 Å². The number of aromatic nitrogens is 2. The van der Waals surface area contributed by atoms with Crippen molar-refractivity contribution in [2.24, 2.45) is 0 Å². The van der Waals surface area contributed by atoms with Gasteiger partial charge in [-0.05, 0) is 29.2 Å². The molecule has 0 aliphatic carbocycles. The SMILES string of the molecule is O=c1ccc2cc(O)c(OCCCOc3no[n+]([O-])c3S(=O)(=O)c3ccccc3)cc2o1. The molecule has 4 rings (SSSR count). The fourth-order valence-electron chi connectivity index (χ4n) is 2.85. The molecule has 11 nitrogen and oxygen atoms in total. The second kappa shape index (κ2) is 8.59. The fourth-order valence-corrected chi connectivity index (χ4v) is 4.15. The Hall–Kier alpha value is -4.06. The Morgan fingerprint density at radius 2 is 1.81 bits per heavy atom. The number of phenols is 1. The summed E-state index contributed by atoms with van der Waals surface area (Å²) in [5, 5.41) is 25.0. The largest absolute Gasteiger partial charge is 0.504 e. The number of hydrogen-bond acceptors (Lipinski definition) is 10. The predicted octanol–water partition coefficient (Wildman–Crippen LogP) is 1.80. The molecule has 0 aliphatic rings. The molecule has 0 radical (unpaired) electrons. The van der Waals surface area contributed by atoms with Crippen LogP contribution in [0.3, 0.4) is 0 Å². The number of sulfone groups is 1. The van der Waals surface area contributed by atoms with Crippen LogP contribution in [0.25, 0.3) is 11.0 Å². The van der Waals surface area contributed by atoms with E-state index >= 15 is 0 Å². The first-order valence-electron chi connectivity index (χ1n) is 9.28. The number of ether oxygens (including phenoxy) is 2. The zero-order valence-corrected chi connectivity index (χ0v) is 17.1. The van der Waals surface area contributed by atoms with E-state index in [1.54, 1.807) is 6.07 Å². The van der Waals surface area contributed by atoms with Crippen LogP contribution in [0.4, 0.5) is 0 Å². The molecule has 32 heavy (non-hydrogen) atoms. The third kappa shape index (κ3) is 4.21. The summed E-state index contributed by atoms with van der Waals surface area (Å²) in [5.41, 5.74) is -0.285. The lowest BCUT2D eigenvalue weighted by molar-refractivity contribution is -0.832. The van der Waals surface area contributed by atoms with Crippen LogP contribution in [0.2, 0.25) is 0 Å². The summed E-state index contributed by atoms with van der Waals surface area (Å²) < 4.78 is 45.6. The van der Waals surface area contributed by atoms with Gasteiger partial charge in [0.25, 0.3) is 9.84 Å². The van der Waals surface area contributed by atoms with Gasteiger partial charge in [0.05, 0.1) is 23.3 Å². The van der Waals surface area contributed by atoms with Crippen LogP contribution in [-0.4, -0.2) is 31.9 Å². The van der Waals surface area contributed by atoms with Crippen LogP contribution < -0.4 is 20.0 Å². The molecule has 4 aromatic rings. The topological polar surface area (TPSA) is 156 Å². The van der Waals surface area contributed by atoms with E-state index in [0.29, 0.717) is 5.39 Å². The summed E-state index contributed by atoms with van der Waals surface area (Å²) in [7, 11) is -4.20. The van der Waals surface area contributed by atoms with Gasteiger partial charge in [-0.15, -0.1) is 0 Å². The van der Waals surface area contributed by atoms with Crippen molar-refractivity contribution in [3.63, 3.8) is 0 Å². The van der Waals surface area contributed by atoms with Crippen molar-refractivity contribution in [2.45, 2.75) is 16.3 Å². The Morgan fingerprint density at radius 1 is 1.06 bits per heavy atom. The Morgan fingerprint density at radius 3 is 2.59 bits per heavy atom. The van der Waals surface area contributed by atoms with Gasteiger partial charge in [-0.1, -0.05) is 18.2 Å². The van der Waals surface area contributed by atoms with E-state index in [-0.39, 0.29) is 46.5 Å². The molecule has 1 N–H and O–H groups in total. The minimum absolute atomic E-state index is 0.0616.